The maximum Gasteiger partial charge on any atom is 0.483 e. The number of halogens is 6. The van der Waals surface area contributed by atoms with Crippen molar-refractivity contribution in [3.05, 3.63) is 12.2 Å². The summed E-state index contributed by atoms with van der Waals surface area (Å²) >= 11 is 0. The molecule has 0 spiro atoms. The lowest BCUT2D eigenvalue weighted by molar-refractivity contribution is -0.438. The molecule has 18 heavy (non-hydrogen) atoms. The van der Waals surface area contributed by atoms with Gasteiger partial charge in [0.05, 0.1) is 12.1 Å². The van der Waals surface area contributed by atoms with Gasteiger partial charge in [-0.15, -0.1) is 0 Å². The van der Waals surface area contributed by atoms with Crippen LogP contribution in [0.1, 0.15) is 6.42 Å². The molecule has 0 aromatic heterocycles. The van der Waals surface area contributed by atoms with E-state index in [9.17, 15) is 26.3 Å². The first-order valence-electron chi connectivity index (χ1n) is 4.87. The lowest BCUT2D eigenvalue weighted by Crippen LogP contribution is -2.62. The quantitative estimate of drug-likeness (QED) is 0.344. The number of hydrogen-bond donors (Lipinski definition) is 1. The summed E-state index contributed by atoms with van der Waals surface area (Å²) < 4.78 is 74.0. The van der Waals surface area contributed by atoms with Crippen molar-refractivity contribution in [2.75, 3.05) is 0 Å². The number of rotatable bonds is 1. The van der Waals surface area contributed by atoms with Gasteiger partial charge in [0.15, 0.2) is 0 Å². The second kappa shape index (κ2) is 4.08. The molecule has 1 N–H and O–H groups in total. The Morgan fingerprint density at radius 2 is 1.78 bits per heavy atom. The van der Waals surface area contributed by atoms with Crippen LogP contribution in [-0.2, 0) is 4.84 Å². The van der Waals surface area contributed by atoms with E-state index in [1.54, 1.807) is 0 Å². The Balaban J connectivity index is 2.14. The fourth-order valence-electron chi connectivity index (χ4n) is 1.99. The maximum atomic E-state index is 12.4. The van der Waals surface area contributed by atoms with Crippen LogP contribution in [0.25, 0.3) is 0 Å². The van der Waals surface area contributed by atoms with Crippen molar-refractivity contribution in [3.8, 4) is 0 Å². The Morgan fingerprint density at radius 1 is 1.17 bits per heavy atom. The smallest absolute Gasteiger partial charge is 0.306 e. The van der Waals surface area contributed by atoms with Crippen molar-refractivity contribution in [3.63, 3.8) is 0 Å². The summed E-state index contributed by atoms with van der Waals surface area (Å²) in [5.41, 5.74) is 0. The molecule has 2 heterocycles. The van der Waals surface area contributed by atoms with E-state index in [2.05, 4.69) is 4.84 Å². The third-order valence-corrected chi connectivity index (χ3v) is 2.75. The predicted molar refractivity (Wildman–Crippen MR) is 43.8 cm³/mol. The highest BCUT2D eigenvalue weighted by atomic mass is 19.4. The maximum absolute atomic E-state index is 12.4. The van der Waals surface area contributed by atoms with E-state index in [4.69, 9.17) is 5.21 Å². The van der Waals surface area contributed by atoms with Gasteiger partial charge in [0.1, 0.15) is 6.10 Å². The molecule has 0 radical (unpaired) electrons. The number of nitrogens with zero attached hydrogens (tertiary/aromatic N) is 2. The van der Waals surface area contributed by atoms with Gasteiger partial charge in [0.2, 0.25) is 0 Å². The van der Waals surface area contributed by atoms with Crippen LogP contribution in [0.2, 0.25) is 0 Å². The highest BCUT2D eigenvalue weighted by molar-refractivity contribution is 5.11. The van der Waals surface area contributed by atoms with Gasteiger partial charge in [-0.05, 0) is 6.42 Å². The lowest BCUT2D eigenvalue weighted by Gasteiger charge is -2.46. The summed E-state index contributed by atoms with van der Waals surface area (Å²) in [5, 5.41) is 7.69. The molecule has 0 amide bonds. The minimum absolute atomic E-state index is 0.307. The van der Waals surface area contributed by atoms with Gasteiger partial charge in [-0.25, -0.2) is 0 Å². The normalized spacial score (nSPS) is 33.4. The summed E-state index contributed by atoms with van der Waals surface area (Å²) in [4.78, 5) is 4.40. The Bertz CT molecular complexity index is 354. The second-order valence-electron chi connectivity index (χ2n) is 3.93. The topological polar surface area (TPSA) is 35.9 Å². The Labute approximate surface area is 96.9 Å². The standard InChI is InChI=1S/C8H8F6N2O2/c9-7(10,11)15(17)5-3-4-1-2-6(5)18-16(4)8(12,13)14/h1-2,4-6,17H,3H2. The van der Waals surface area contributed by atoms with Gasteiger partial charge in [-0.1, -0.05) is 22.3 Å². The van der Waals surface area contributed by atoms with Crippen molar-refractivity contribution in [1.82, 2.24) is 10.1 Å². The summed E-state index contributed by atoms with van der Waals surface area (Å²) in [6, 6.07) is -2.96. The molecule has 1 saturated heterocycles. The molecule has 3 atom stereocenters. The van der Waals surface area contributed by atoms with Crippen LogP contribution < -0.4 is 0 Å². The minimum atomic E-state index is -5.04. The average molecular weight is 278 g/mol. The first kappa shape index (κ1) is 13.6. The van der Waals surface area contributed by atoms with Crippen molar-refractivity contribution < 1.29 is 36.4 Å². The van der Waals surface area contributed by atoms with Crippen LogP contribution in [-0.4, -0.2) is 46.1 Å². The summed E-state index contributed by atoms with van der Waals surface area (Å²) in [7, 11) is 0. The molecule has 0 saturated carbocycles. The molecule has 3 rings (SSSR count). The first-order chi connectivity index (χ1) is 8.10. The SMILES string of the molecule is ON(C1CC2C=CC1ON2C(F)(F)F)C(F)(F)F. The molecule has 0 aromatic rings. The van der Waals surface area contributed by atoms with Crippen LogP contribution in [0, 0.1) is 0 Å². The highest BCUT2D eigenvalue weighted by Crippen LogP contribution is 2.39. The van der Waals surface area contributed by atoms with Crippen molar-refractivity contribution in [2.24, 2.45) is 0 Å². The van der Waals surface area contributed by atoms with Crippen LogP contribution in [0.5, 0.6) is 0 Å². The van der Waals surface area contributed by atoms with Crippen LogP contribution in [0.3, 0.4) is 0 Å². The van der Waals surface area contributed by atoms with Gasteiger partial charge in [0.25, 0.3) is 0 Å². The van der Waals surface area contributed by atoms with Crippen molar-refractivity contribution in [2.45, 2.75) is 37.2 Å². The summed E-state index contributed by atoms with van der Waals surface area (Å²) in [6.45, 7) is 0. The Hall–Kier alpha value is -0.840. The zero-order valence-corrected chi connectivity index (χ0v) is 8.61. The van der Waals surface area contributed by atoms with E-state index in [0.29, 0.717) is 0 Å². The molecule has 2 bridgehead atoms. The molecular weight excluding hydrogens is 270 g/mol. The van der Waals surface area contributed by atoms with Gasteiger partial charge >= 0.3 is 12.6 Å². The number of alkyl halides is 6. The van der Waals surface area contributed by atoms with Crippen LogP contribution in [0.15, 0.2) is 12.2 Å². The van der Waals surface area contributed by atoms with Crippen molar-refractivity contribution in [1.29, 1.82) is 0 Å². The minimum Gasteiger partial charge on any atom is -0.306 e. The second-order valence-corrected chi connectivity index (χ2v) is 3.93. The highest BCUT2D eigenvalue weighted by Gasteiger charge is 2.55. The Morgan fingerprint density at radius 3 is 2.17 bits per heavy atom. The molecule has 10 heteroatoms. The van der Waals surface area contributed by atoms with Gasteiger partial charge in [-0.2, -0.15) is 26.3 Å². The van der Waals surface area contributed by atoms with E-state index in [1.807, 2.05) is 0 Å². The molecule has 104 valence electrons. The van der Waals surface area contributed by atoms with Crippen LogP contribution in [0.4, 0.5) is 26.3 Å². The number of hydroxylamine groups is 4. The molecule has 3 unspecified atom stereocenters. The molecule has 0 aromatic carbocycles. The van der Waals surface area contributed by atoms with Gasteiger partial charge in [0, 0.05) is 0 Å². The van der Waals surface area contributed by atoms with Gasteiger partial charge < -0.3 is 5.21 Å². The molecule has 3 aliphatic rings. The molecule has 1 aliphatic carbocycles. The number of fused-ring (bicyclic) bond motifs is 2. The summed E-state index contributed by atoms with van der Waals surface area (Å²) in [5.74, 6) is 0. The number of hydrogen-bond acceptors (Lipinski definition) is 4. The molecule has 2 aliphatic heterocycles. The average Bonchev–Trinajstić information content (AvgIpc) is 2.26. The third-order valence-electron chi connectivity index (χ3n) is 2.75. The molecule has 1 fully saturated rings. The third kappa shape index (κ3) is 2.32. The summed E-state index contributed by atoms with van der Waals surface area (Å²) in [6.07, 6.45) is -9.67. The van der Waals surface area contributed by atoms with Gasteiger partial charge in [-0.3, -0.25) is 4.84 Å². The molecule has 4 nitrogen and oxygen atoms in total. The fraction of sp³-hybridized carbons (Fsp3) is 0.750. The predicted octanol–water partition coefficient (Wildman–Crippen LogP) is 2.03. The first-order valence-corrected chi connectivity index (χ1v) is 4.87. The zero-order chi connectivity index (χ0) is 13.7. The Kier molecular flexibility index (Phi) is 3.08. The van der Waals surface area contributed by atoms with E-state index >= 15 is 0 Å². The lowest BCUT2D eigenvalue weighted by atomic mass is 9.93. The largest absolute Gasteiger partial charge is 0.483 e. The van der Waals surface area contributed by atoms with E-state index < -0.39 is 42.3 Å². The van der Waals surface area contributed by atoms with Crippen molar-refractivity contribution >= 4 is 0 Å². The van der Waals surface area contributed by atoms with Crippen LogP contribution >= 0.6 is 0 Å². The van der Waals surface area contributed by atoms with E-state index in [-0.39, 0.29) is 5.06 Å². The molecular formula is C8H8F6N2O2. The van der Waals surface area contributed by atoms with E-state index in [1.165, 1.54) is 0 Å². The fourth-order valence-corrected chi connectivity index (χ4v) is 1.99. The van der Waals surface area contributed by atoms with E-state index in [0.717, 1.165) is 12.2 Å². The monoisotopic (exact) mass is 278 g/mol. The zero-order valence-electron chi connectivity index (χ0n) is 8.61.